The van der Waals surface area contributed by atoms with Gasteiger partial charge in [0.2, 0.25) is 5.91 Å². The number of carbonyl (C=O) groups excluding carboxylic acids is 1. The highest BCUT2D eigenvalue weighted by Gasteiger charge is 2.42. The van der Waals surface area contributed by atoms with Gasteiger partial charge in [0.15, 0.2) is 0 Å². The van der Waals surface area contributed by atoms with Gasteiger partial charge in [0.25, 0.3) is 0 Å². The Balaban J connectivity index is 1.91. The van der Waals surface area contributed by atoms with E-state index in [2.05, 4.69) is 40.5 Å². The Morgan fingerprint density at radius 3 is 2.79 bits per heavy atom. The summed E-state index contributed by atoms with van der Waals surface area (Å²) in [5.41, 5.74) is 1.36. The average molecular weight is 258 g/mol. The zero-order valence-electron chi connectivity index (χ0n) is 11.5. The molecule has 2 fully saturated rings. The van der Waals surface area contributed by atoms with Crippen LogP contribution in [-0.2, 0) is 4.79 Å². The molecular formula is C16H22N2O. The van der Waals surface area contributed by atoms with Gasteiger partial charge in [-0.05, 0) is 18.4 Å². The van der Waals surface area contributed by atoms with Crippen LogP contribution in [0.3, 0.4) is 0 Å². The lowest BCUT2D eigenvalue weighted by molar-refractivity contribution is -0.131. The zero-order chi connectivity index (χ0) is 13.2. The number of likely N-dealkylation sites (tertiary alicyclic amines) is 1. The van der Waals surface area contributed by atoms with E-state index in [-0.39, 0.29) is 5.91 Å². The SMILES string of the molecule is CC(=O)N1CCCC[C@@H]2NC[C@@H](c3ccccc3)[C@@H]21. The van der Waals surface area contributed by atoms with Gasteiger partial charge in [-0.25, -0.2) is 0 Å². The van der Waals surface area contributed by atoms with Crippen LogP contribution in [0.15, 0.2) is 30.3 Å². The van der Waals surface area contributed by atoms with E-state index in [1.165, 1.54) is 18.4 Å². The number of nitrogens with zero attached hydrogens (tertiary/aromatic N) is 1. The second-order valence-corrected chi connectivity index (χ2v) is 5.73. The second kappa shape index (κ2) is 5.33. The first kappa shape index (κ1) is 12.7. The fraction of sp³-hybridized carbons (Fsp3) is 0.562. The summed E-state index contributed by atoms with van der Waals surface area (Å²) in [6.07, 6.45) is 3.55. The number of hydrogen-bond donors (Lipinski definition) is 1. The molecule has 3 nitrogen and oxygen atoms in total. The normalized spacial score (nSPS) is 30.8. The summed E-state index contributed by atoms with van der Waals surface area (Å²) in [5.74, 6) is 0.662. The van der Waals surface area contributed by atoms with Crippen molar-refractivity contribution in [2.45, 2.75) is 44.2 Å². The Hall–Kier alpha value is -1.35. The molecule has 3 heteroatoms. The quantitative estimate of drug-likeness (QED) is 0.837. The summed E-state index contributed by atoms with van der Waals surface area (Å²) in [4.78, 5) is 14.1. The van der Waals surface area contributed by atoms with E-state index < -0.39 is 0 Å². The summed E-state index contributed by atoms with van der Waals surface area (Å²) >= 11 is 0. The van der Waals surface area contributed by atoms with E-state index in [4.69, 9.17) is 0 Å². The largest absolute Gasteiger partial charge is 0.338 e. The Morgan fingerprint density at radius 2 is 2.05 bits per heavy atom. The van der Waals surface area contributed by atoms with Gasteiger partial charge in [-0.2, -0.15) is 0 Å². The van der Waals surface area contributed by atoms with E-state index >= 15 is 0 Å². The molecule has 0 saturated carbocycles. The average Bonchev–Trinajstić information content (AvgIpc) is 2.72. The van der Waals surface area contributed by atoms with Crippen molar-refractivity contribution in [2.24, 2.45) is 0 Å². The van der Waals surface area contributed by atoms with Gasteiger partial charge in [0.05, 0.1) is 6.04 Å². The van der Waals surface area contributed by atoms with E-state index in [0.29, 0.717) is 18.0 Å². The van der Waals surface area contributed by atoms with E-state index in [1.807, 2.05) is 0 Å². The molecule has 3 atom stereocenters. The third-order valence-corrected chi connectivity index (χ3v) is 4.58. The van der Waals surface area contributed by atoms with Crippen molar-refractivity contribution in [1.29, 1.82) is 0 Å². The van der Waals surface area contributed by atoms with Gasteiger partial charge in [0, 0.05) is 32.0 Å². The predicted octanol–water partition coefficient (Wildman–Crippen LogP) is 2.14. The highest BCUT2D eigenvalue weighted by atomic mass is 16.2. The maximum Gasteiger partial charge on any atom is 0.219 e. The molecule has 0 aliphatic carbocycles. The summed E-state index contributed by atoms with van der Waals surface area (Å²) in [6, 6.07) is 11.4. The van der Waals surface area contributed by atoms with Gasteiger partial charge in [0.1, 0.15) is 0 Å². The molecule has 1 amide bonds. The van der Waals surface area contributed by atoms with Crippen LogP contribution < -0.4 is 5.32 Å². The number of fused-ring (bicyclic) bond motifs is 1. The molecule has 2 heterocycles. The van der Waals surface area contributed by atoms with Crippen LogP contribution >= 0.6 is 0 Å². The van der Waals surface area contributed by atoms with Gasteiger partial charge < -0.3 is 10.2 Å². The molecule has 0 aromatic heterocycles. The minimum Gasteiger partial charge on any atom is -0.338 e. The summed E-state index contributed by atoms with van der Waals surface area (Å²) in [6.45, 7) is 3.62. The molecule has 2 aliphatic heterocycles. The molecule has 1 aromatic rings. The third-order valence-electron chi connectivity index (χ3n) is 4.58. The van der Waals surface area contributed by atoms with Crippen LogP contribution in [-0.4, -0.2) is 36.0 Å². The standard InChI is InChI=1S/C16H22N2O/c1-12(19)18-10-6-5-9-15-16(18)14(11-17-15)13-7-3-2-4-8-13/h2-4,7-8,14-17H,5-6,9-11H2,1H3/t14-,15-,16-/m0/s1. The zero-order valence-corrected chi connectivity index (χ0v) is 11.5. The van der Waals surface area contributed by atoms with Crippen molar-refractivity contribution in [3.05, 3.63) is 35.9 Å². The second-order valence-electron chi connectivity index (χ2n) is 5.73. The van der Waals surface area contributed by atoms with Crippen molar-refractivity contribution < 1.29 is 4.79 Å². The lowest BCUT2D eigenvalue weighted by atomic mass is 9.89. The molecule has 0 unspecified atom stereocenters. The molecule has 1 N–H and O–H groups in total. The Labute approximate surface area is 115 Å². The molecule has 1 aromatic carbocycles. The third kappa shape index (κ3) is 2.39. The van der Waals surface area contributed by atoms with Crippen LogP contribution in [0.5, 0.6) is 0 Å². The predicted molar refractivity (Wildman–Crippen MR) is 76.0 cm³/mol. The van der Waals surface area contributed by atoms with Crippen LogP contribution in [0.2, 0.25) is 0 Å². The Kier molecular flexibility index (Phi) is 3.56. The molecule has 0 bridgehead atoms. The van der Waals surface area contributed by atoms with Crippen LogP contribution in [0.4, 0.5) is 0 Å². The number of rotatable bonds is 1. The first-order chi connectivity index (χ1) is 9.27. The first-order valence-corrected chi connectivity index (χ1v) is 7.33. The smallest absolute Gasteiger partial charge is 0.219 e. The molecule has 3 rings (SSSR count). The highest BCUT2D eigenvalue weighted by molar-refractivity contribution is 5.74. The maximum atomic E-state index is 12.0. The topological polar surface area (TPSA) is 32.3 Å². The molecule has 102 valence electrons. The van der Waals surface area contributed by atoms with Gasteiger partial charge in [-0.1, -0.05) is 36.8 Å². The fourth-order valence-corrected chi connectivity index (χ4v) is 3.69. The van der Waals surface area contributed by atoms with Crippen molar-refractivity contribution >= 4 is 5.91 Å². The molecule has 0 radical (unpaired) electrons. The van der Waals surface area contributed by atoms with Crippen LogP contribution in [0, 0.1) is 0 Å². The van der Waals surface area contributed by atoms with Gasteiger partial charge in [-0.3, -0.25) is 4.79 Å². The van der Waals surface area contributed by atoms with Crippen LogP contribution in [0.25, 0.3) is 0 Å². The van der Waals surface area contributed by atoms with Crippen LogP contribution in [0.1, 0.15) is 37.7 Å². The van der Waals surface area contributed by atoms with E-state index in [9.17, 15) is 4.79 Å². The van der Waals surface area contributed by atoms with E-state index in [0.717, 1.165) is 19.5 Å². The molecule has 19 heavy (non-hydrogen) atoms. The maximum absolute atomic E-state index is 12.0. The van der Waals surface area contributed by atoms with E-state index in [1.54, 1.807) is 6.92 Å². The van der Waals surface area contributed by atoms with Crippen molar-refractivity contribution in [2.75, 3.05) is 13.1 Å². The molecule has 2 aliphatic rings. The number of hydrogen-bond acceptors (Lipinski definition) is 2. The van der Waals surface area contributed by atoms with Crippen molar-refractivity contribution in [3.63, 3.8) is 0 Å². The fourth-order valence-electron chi connectivity index (χ4n) is 3.69. The Morgan fingerprint density at radius 1 is 1.26 bits per heavy atom. The summed E-state index contributed by atoms with van der Waals surface area (Å²) in [7, 11) is 0. The van der Waals surface area contributed by atoms with Gasteiger partial charge in [-0.15, -0.1) is 0 Å². The number of nitrogens with one attached hydrogen (secondary N) is 1. The lowest BCUT2D eigenvalue weighted by Gasteiger charge is -2.33. The van der Waals surface area contributed by atoms with Crippen molar-refractivity contribution in [3.8, 4) is 0 Å². The number of amides is 1. The monoisotopic (exact) mass is 258 g/mol. The number of carbonyl (C=O) groups is 1. The molecule has 0 spiro atoms. The first-order valence-electron chi connectivity index (χ1n) is 7.33. The Bertz CT molecular complexity index is 445. The van der Waals surface area contributed by atoms with Gasteiger partial charge >= 0.3 is 0 Å². The number of benzene rings is 1. The minimum absolute atomic E-state index is 0.224. The minimum atomic E-state index is 0.224. The summed E-state index contributed by atoms with van der Waals surface area (Å²) < 4.78 is 0. The molecule has 2 saturated heterocycles. The van der Waals surface area contributed by atoms with Crippen molar-refractivity contribution in [1.82, 2.24) is 10.2 Å². The molecular weight excluding hydrogens is 236 g/mol. The lowest BCUT2D eigenvalue weighted by Crippen LogP contribution is -2.47. The summed E-state index contributed by atoms with van der Waals surface area (Å²) in [5, 5.41) is 3.64. The highest BCUT2D eigenvalue weighted by Crippen LogP contribution is 2.34.